The Labute approximate surface area is 179 Å². The van der Waals surface area contributed by atoms with Crippen molar-refractivity contribution in [3.8, 4) is 11.5 Å². The Balaban J connectivity index is 1.58. The predicted molar refractivity (Wildman–Crippen MR) is 111 cm³/mol. The Bertz CT molecular complexity index is 1160. The number of hydrogen-bond donors (Lipinski definition) is 0. The van der Waals surface area contributed by atoms with Crippen molar-refractivity contribution < 1.29 is 28.2 Å². The number of aliphatic imine (C=N–C) groups is 1. The molecule has 7 nitrogen and oxygen atoms in total. The van der Waals surface area contributed by atoms with Gasteiger partial charge in [0.05, 0.1) is 13.4 Å². The molecular formula is C22H14BrNO6. The maximum atomic E-state index is 12.2. The van der Waals surface area contributed by atoms with Crippen LogP contribution in [-0.2, 0) is 9.53 Å². The van der Waals surface area contributed by atoms with Crippen LogP contribution in [0.1, 0.15) is 21.7 Å². The maximum Gasteiger partial charge on any atom is 0.379 e. The molecule has 3 aromatic rings. The fourth-order valence-corrected chi connectivity index (χ4v) is 2.95. The minimum absolute atomic E-state index is 0.0757. The second-order valence-electron chi connectivity index (χ2n) is 6.12. The van der Waals surface area contributed by atoms with Crippen LogP contribution in [0.15, 0.2) is 80.4 Å². The second kappa shape index (κ2) is 8.38. The van der Waals surface area contributed by atoms with Crippen molar-refractivity contribution in [2.45, 2.75) is 0 Å². The van der Waals surface area contributed by atoms with Gasteiger partial charge in [-0.15, -0.1) is 0 Å². The average molecular weight is 468 g/mol. The minimum Gasteiger partial charge on any atom is -0.493 e. The van der Waals surface area contributed by atoms with Gasteiger partial charge in [0.1, 0.15) is 0 Å². The Morgan fingerprint density at radius 2 is 1.90 bits per heavy atom. The Kier molecular flexibility index (Phi) is 5.49. The van der Waals surface area contributed by atoms with E-state index >= 15 is 0 Å². The number of halogens is 1. The van der Waals surface area contributed by atoms with Crippen LogP contribution in [0, 0.1) is 0 Å². The molecule has 0 saturated heterocycles. The summed E-state index contributed by atoms with van der Waals surface area (Å²) in [7, 11) is 1.45. The van der Waals surface area contributed by atoms with E-state index in [1.54, 1.807) is 42.5 Å². The van der Waals surface area contributed by atoms with E-state index in [1.165, 1.54) is 19.4 Å². The van der Waals surface area contributed by atoms with Gasteiger partial charge in [0.15, 0.2) is 17.2 Å². The van der Waals surface area contributed by atoms with E-state index in [0.717, 1.165) is 4.47 Å². The number of hydrogen-bond acceptors (Lipinski definition) is 7. The average Bonchev–Trinajstić information content (AvgIpc) is 3.40. The molecule has 0 saturated carbocycles. The van der Waals surface area contributed by atoms with Crippen LogP contribution in [0.5, 0.6) is 11.5 Å². The summed E-state index contributed by atoms with van der Waals surface area (Å²) in [5, 5.41) is 0. The van der Waals surface area contributed by atoms with E-state index in [9.17, 15) is 9.59 Å². The minimum atomic E-state index is -0.646. The third kappa shape index (κ3) is 4.18. The molecule has 2 aromatic carbocycles. The van der Waals surface area contributed by atoms with Crippen LogP contribution in [-0.4, -0.2) is 24.9 Å². The summed E-state index contributed by atoms with van der Waals surface area (Å²) in [6, 6.07) is 15.2. The summed E-state index contributed by atoms with van der Waals surface area (Å²) >= 11 is 3.36. The fourth-order valence-electron chi connectivity index (χ4n) is 2.69. The fraction of sp³-hybridized carbons (Fsp3) is 0.0455. The number of methoxy groups -OCH3 is 1. The van der Waals surface area contributed by atoms with Crippen molar-refractivity contribution in [2.24, 2.45) is 4.99 Å². The molecule has 0 fully saturated rings. The predicted octanol–water partition coefficient (Wildman–Crippen LogP) is 4.61. The molecule has 8 heteroatoms. The van der Waals surface area contributed by atoms with E-state index in [4.69, 9.17) is 18.6 Å². The van der Waals surface area contributed by atoms with Crippen LogP contribution in [0.4, 0.5) is 0 Å². The monoisotopic (exact) mass is 467 g/mol. The van der Waals surface area contributed by atoms with Gasteiger partial charge in [0.2, 0.25) is 11.7 Å². The normalized spacial score (nSPS) is 14.4. The molecule has 0 radical (unpaired) electrons. The molecule has 4 rings (SSSR count). The van der Waals surface area contributed by atoms with Gasteiger partial charge in [0, 0.05) is 10.0 Å². The number of carbonyl (C=O) groups excluding carboxylic acids is 2. The first-order valence-electron chi connectivity index (χ1n) is 8.76. The summed E-state index contributed by atoms with van der Waals surface area (Å²) in [5.74, 6) is -0.365. The molecule has 150 valence electrons. The highest BCUT2D eigenvalue weighted by Crippen LogP contribution is 2.30. The van der Waals surface area contributed by atoms with E-state index in [2.05, 4.69) is 20.9 Å². The zero-order chi connectivity index (χ0) is 21.1. The number of furan rings is 1. The number of rotatable bonds is 5. The van der Waals surface area contributed by atoms with E-state index in [-0.39, 0.29) is 23.1 Å². The van der Waals surface area contributed by atoms with Gasteiger partial charge in [-0.1, -0.05) is 22.0 Å². The first-order chi connectivity index (χ1) is 14.5. The molecule has 30 heavy (non-hydrogen) atoms. The molecule has 0 bridgehead atoms. The van der Waals surface area contributed by atoms with Crippen LogP contribution >= 0.6 is 15.9 Å². The highest BCUT2D eigenvalue weighted by Gasteiger charge is 2.24. The van der Waals surface area contributed by atoms with Crippen LogP contribution in [0.25, 0.3) is 6.08 Å². The van der Waals surface area contributed by atoms with Crippen molar-refractivity contribution in [3.63, 3.8) is 0 Å². The highest BCUT2D eigenvalue weighted by atomic mass is 79.9. The van der Waals surface area contributed by atoms with Crippen molar-refractivity contribution in [1.29, 1.82) is 0 Å². The van der Waals surface area contributed by atoms with Gasteiger partial charge >= 0.3 is 11.9 Å². The zero-order valence-electron chi connectivity index (χ0n) is 15.6. The van der Waals surface area contributed by atoms with Crippen LogP contribution < -0.4 is 9.47 Å². The van der Waals surface area contributed by atoms with Crippen LogP contribution in [0.2, 0.25) is 0 Å². The second-order valence-corrected chi connectivity index (χ2v) is 7.04. The van der Waals surface area contributed by atoms with E-state index in [1.807, 2.05) is 12.1 Å². The quantitative estimate of drug-likeness (QED) is 0.309. The van der Waals surface area contributed by atoms with E-state index in [0.29, 0.717) is 16.9 Å². The van der Waals surface area contributed by atoms with Gasteiger partial charge in [-0.3, -0.25) is 0 Å². The molecule has 0 amide bonds. The van der Waals surface area contributed by atoms with Crippen molar-refractivity contribution in [2.75, 3.05) is 7.11 Å². The molecule has 0 spiro atoms. The Morgan fingerprint density at radius 3 is 2.60 bits per heavy atom. The molecule has 1 aliphatic rings. The molecule has 2 heterocycles. The van der Waals surface area contributed by atoms with Gasteiger partial charge in [-0.2, -0.15) is 0 Å². The van der Waals surface area contributed by atoms with Gasteiger partial charge < -0.3 is 18.6 Å². The molecule has 0 unspecified atom stereocenters. The lowest BCUT2D eigenvalue weighted by molar-refractivity contribution is -0.129. The largest absolute Gasteiger partial charge is 0.493 e. The summed E-state index contributed by atoms with van der Waals surface area (Å²) in [5.41, 5.74) is 1.46. The molecule has 1 aliphatic heterocycles. The Hall–Kier alpha value is -3.65. The summed E-state index contributed by atoms with van der Waals surface area (Å²) < 4.78 is 21.8. The summed E-state index contributed by atoms with van der Waals surface area (Å²) in [6.45, 7) is 0. The molecule has 0 N–H and O–H groups in total. The van der Waals surface area contributed by atoms with E-state index < -0.39 is 11.9 Å². The first kappa shape index (κ1) is 19.7. The Morgan fingerprint density at radius 1 is 1.10 bits per heavy atom. The van der Waals surface area contributed by atoms with Gasteiger partial charge in [0.25, 0.3) is 0 Å². The van der Waals surface area contributed by atoms with Crippen molar-refractivity contribution in [3.05, 3.63) is 87.9 Å². The van der Waals surface area contributed by atoms with Crippen molar-refractivity contribution >= 4 is 39.8 Å². The number of benzene rings is 2. The summed E-state index contributed by atoms with van der Waals surface area (Å²) in [6.07, 6.45) is 2.95. The lowest BCUT2D eigenvalue weighted by atomic mass is 10.1. The molecular weight excluding hydrogens is 454 g/mol. The number of nitrogens with zero attached hydrogens (tertiary/aromatic N) is 1. The smallest absolute Gasteiger partial charge is 0.379 e. The van der Waals surface area contributed by atoms with Crippen molar-refractivity contribution in [1.82, 2.24) is 0 Å². The number of cyclic esters (lactones) is 1. The lowest BCUT2D eigenvalue weighted by Crippen LogP contribution is -2.08. The lowest BCUT2D eigenvalue weighted by Gasteiger charge is -2.09. The topological polar surface area (TPSA) is 87.3 Å². The van der Waals surface area contributed by atoms with Gasteiger partial charge in [-0.25, -0.2) is 14.6 Å². The number of ether oxygens (including phenoxy) is 3. The summed E-state index contributed by atoms with van der Waals surface area (Å²) in [4.78, 5) is 28.6. The highest BCUT2D eigenvalue weighted by molar-refractivity contribution is 9.10. The third-order valence-corrected chi connectivity index (χ3v) is 4.66. The number of carbonyl (C=O) groups is 2. The molecule has 0 atom stereocenters. The van der Waals surface area contributed by atoms with Crippen LogP contribution in [0.3, 0.4) is 0 Å². The first-order valence-corrected chi connectivity index (χ1v) is 9.55. The van der Waals surface area contributed by atoms with Gasteiger partial charge in [-0.05, 0) is 60.2 Å². The third-order valence-electron chi connectivity index (χ3n) is 4.13. The zero-order valence-corrected chi connectivity index (χ0v) is 17.2. The standard InChI is InChI=1S/C22H14BrNO6/c1-27-19-12-13(4-9-17(19)29-22(26)18-3-2-10-28-18)11-16-21(25)30-20(24-16)14-5-7-15(23)8-6-14/h2-12H,1H3/b16-11+. The molecule has 1 aromatic heterocycles. The SMILES string of the molecule is COc1cc(/C=C2/N=C(c3ccc(Br)cc3)OC2=O)ccc1OC(=O)c1ccco1. The molecule has 0 aliphatic carbocycles. The number of esters is 2. The maximum absolute atomic E-state index is 12.2.